The fourth-order valence-electron chi connectivity index (χ4n) is 4.03. The first kappa shape index (κ1) is 15.7. The average Bonchev–Trinajstić information content (AvgIpc) is 3.15. The second kappa shape index (κ2) is 6.60. The number of hydrogen-bond donors (Lipinski definition) is 0. The van der Waals surface area contributed by atoms with Crippen LogP contribution in [0.15, 0.2) is 42.5 Å². The van der Waals surface area contributed by atoms with Crippen molar-refractivity contribution in [1.29, 1.82) is 0 Å². The normalized spacial score (nSPS) is 17.8. The van der Waals surface area contributed by atoms with E-state index in [1.165, 1.54) is 42.4 Å². The van der Waals surface area contributed by atoms with Gasteiger partial charge in [0.15, 0.2) is 0 Å². The zero-order chi connectivity index (χ0) is 16.5. The highest BCUT2D eigenvalue weighted by atomic mass is 35.5. The summed E-state index contributed by atoms with van der Waals surface area (Å²) in [5, 5.41) is 0.662. The Morgan fingerprint density at radius 2 is 1.75 bits per heavy atom. The summed E-state index contributed by atoms with van der Waals surface area (Å²) in [5.41, 5.74) is 4.94. The van der Waals surface area contributed by atoms with Crippen LogP contribution in [-0.2, 0) is 13.0 Å². The third-order valence-electron chi connectivity index (χ3n) is 5.45. The molecule has 0 aromatic heterocycles. The number of hydrogen-bond acceptors (Lipinski definition) is 1. The van der Waals surface area contributed by atoms with Crippen LogP contribution in [0, 0.1) is 0 Å². The highest BCUT2D eigenvalue weighted by Crippen LogP contribution is 2.35. The lowest BCUT2D eigenvalue weighted by Crippen LogP contribution is -2.36. The lowest BCUT2D eigenvalue weighted by atomic mass is 9.91. The van der Waals surface area contributed by atoms with E-state index in [0.29, 0.717) is 17.1 Å². The molecule has 0 atom stereocenters. The van der Waals surface area contributed by atoms with Gasteiger partial charge < -0.3 is 4.90 Å². The quantitative estimate of drug-likeness (QED) is 0.736. The number of carbonyl (C=O) groups is 1. The molecule has 1 aliphatic carbocycles. The molecule has 4 rings (SSSR count). The van der Waals surface area contributed by atoms with Crippen LogP contribution in [0.2, 0.25) is 5.02 Å². The predicted molar refractivity (Wildman–Crippen MR) is 97.5 cm³/mol. The highest BCUT2D eigenvalue weighted by Gasteiger charge is 2.23. The minimum absolute atomic E-state index is 0.0946. The Kier molecular flexibility index (Phi) is 4.32. The smallest absolute Gasteiger partial charge is 0.254 e. The van der Waals surface area contributed by atoms with Gasteiger partial charge in [0.25, 0.3) is 5.91 Å². The molecule has 0 N–H and O–H groups in total. The molecule has 2 aliphatic rings. The summed E-state index contributed by atoms with van der Waals surface area (Å²) >= 11 is 5.91. The van der Waals surface area contributed by atoms with Crippen LogP contribution < -0.4 is 0 Å². The van der Waals surface area contributed by atoms with Crippen molar-refractivity contribution in [1.82, 2.24) is 4.90 Å². The molecule has 3 heteroatoms. The van der Waals surface area contributed by atoms with Gasteiger partial charge in [0.2, 0.25) is 0 Å². The molecule has 2 aromatic rings. The maximum atomic E-state index is 12.7. The Balaban J connectivity index is 1.51. The molecule has 2 nitrogen and oxygen atoms in total. The SMILES string of the molecule is O=C(c1ccc(Cl)cc1)N1CCc2cc(C3CCCC3)ccc2C1. The summed E-state index contributed by atoms with van der Waals surface area (Å²) in [7, 11) is 0. The van der Waals surface area contributed by atoms with E-state index in [0.717, 1.165) is 18.9 Å². The summed E-state index contributed by atoms with van der Waals surface area (Å²) in [4.78, 5) is 14.6. The number of amides is 1. The van der Waals surface area contributed by atoms with E-state index >= 15 is 0 Å². The zero-order valence-corrected chi connectivity index (χ0v) is 14.6. The maximum Gasteiger partial charge on any atom is 0.254 e. The summed E-state index contributed by atoms with van der Waals surface area (Å²) < 4.78 is 0. The van der Waals surface area contributed by atoms with E-state index in [4.69, 9.17) is 11.6 Å². The summed E-state index contributed by atoms with van der Waals surface area (Å²) in [6, 6.07) is 14.1. The number of fused-ring (bicyclic) bond motifs is 1. The van der Waals surface area contributed by atoms with E-state index in [1.807, 2.05) is 17.0 Å². The Morgan fingerprint density at radius 1 is 1.00 bits per heavy atom. The predicted octanol–water partition coefficient (Wildman–Crippen LogP) is 5.20. The van der Waals surface area contributed by atoms with Gasteiger partial charge in [-0.3, -0.25) is 4.79 Å². The lowest BCUT2D eigenvalue weighted by molar-refractivity contribution is 0.0734. The molecule has 0 bridgehead atoms. The van der Waals surface area contributed by atoms with Gasteiger partial charge in [-0.2, -0.15) is 0 Å². The van der Waals surface area contributed by atoms with Crippen LogP contribution in [0.1, 0.15) is 58.6 Å². The van der Waals surface area contributed by atoms with Crippen LogP contribution in [-0.4, -0.2) is 17.4 Å². The largest absolute Gasteiger partial charge is 0.334 e. The maximum absolute atomic E-state index is 12.7. The third kappa shape index (κ3) is 3.08. The molecular formula is C21H22ClNO. The number of nitrogens with zero attached hydrogens (tertiary/aromatic N) is 1. The number of rotatable bonds is 2. The van der Waals surface area contributed by atoms with Gasteiger partial charge >= 0.3 is 0 Å². The fraction of sp³-hybridized carbons (Fsp3) is 0.381. The standard InChI is InChI=1S/C21H22ClNO/c22-20-9-7-16(8-10-20)21(24)23-12-11-18-13-17(5-6-19(18)14-23)15-3-1-2-4-15/h5-10,13,15H,1-4,11-12,14H2. The summed E-state index contributed by atoms with van der Waals surface area (Å²) in [6.45, 7) is 1.50. The van der Waals surface area contributed by atoms with Gasteiger partial charge in [-0.25, -0.2) is 0 Å². The van der Waals surface area contributed by atoms with E-state index in [-0.39, 0.29) is 5.91 Å². The van der Waals surface area contributed by atoms with Gasteiger partial charge in [-0.1, -0.05) is 42.6 Å². The van der Waals surface area contributed by atoms with Gasteiger partial charge in [0.1, 0.15) is 0 Å². The van der Waals surface area contributed by atoms with Crippen LogP contribution in [0.5, 0.6) is 0 Å². The minimum atomic E-state index is 0.0946. The van der Waals surface area contributed by atoms with Gasteiger partial charge in [-0.15, -0.1) is 0 Å². The first-order valence-corrected chi connectivity index (χ1v) is 9.25. The number of benzene rings is 2. The molecule has 0 spiro atoms. The molecule has 1 amide bonds. The molecular weight excluding hydrogens is 318 g/mol. The Bertz CT molecular complexity index is 747. The molecule has 0 unspecified atom stereocenters. The van der Waals surface area contributed by atoms with Crippen molar-refractivity contribution >= 4 is 17.5 Å². The van der Waals surface area contributed by atoms with Gasteiger partial charge in [-0.05, 0) is 66.1 Å². The molecule has 24 heavy (non-hydrogen) atoms. The molecule has 2 aromatic carbocycles. The Morgan fingerprint density at radius 3 is 2.50 bits per heavy atom. The first-order valence-electron chi connectivity index (χ1n) is 8.87. The second-order valence-corrected chi connectivity index (χ2v) is 7.43. The van der Waals surface area contributed by atoms with Crippen molar-refractivity contribution in [2.75, 3.05) is 6.54 Å². The van der Waals surface area contributed by atoms with Crippen molar-refractivity contribution in [3.63, 3.8) is 0 Å². The third-order valence-corrected chi connectivity index (χ3v) is 5.70. The first-order chi connectivity index (χ1) is 11.7. The molecule has 124 valence electrons. The van der Waals surface area contributed by atoms with E-state index < -0.39 is 0 Å². The van der Waals surface area contributed by atoms with E-state index in [9.17, 15) is 4.79 Å². The fourth-order valence-corrected chi connectivity index (χ4v) is 4.16. The van der Waals surface area contributed by atoms with Crippen molar-refractivity contribution in [2.45, 2.75) is 44.6 Å². The minimum Gasteiger partial charge on any atom is -0.334 e. The van der Waals surface area contributed by atoms with Crippen LogP contribution in [0.25, 0.3) is 0 Å². The molecule has 1 heterocycles. The molecule has 1 saturated carbocycles. The average molecular weight is 340 g/mol. The van der Waals surface area contributed by atoms with Crippen molar-refractivity contribution < 1.29 is 4.79 Å². The Labute approximate surface area is 148 Å². The molecule has 1 aliphatic heterocycles. The highest BCUT2D eigenvalue weighted by molar-refractivity contribution is 6.30. The van der Waals surface area contributed by atoms with E-state index in [1.54, 1.807) is 12.1 Å². The molecule has 0 radical (unpaired) electrons. The van der Waals surface area contributed by atoms with Crippen molar-refractivity contribution in [3.8, 4) is 0 Å². The van der Waals surface area contributed by atoms with Crippen LogP contribution in [0.4, 0.5) is 0 Å². The van der Waals surface area contributed by atoms with E-state index in [2.05, 4.69) is 18.2 Å². The van der Waals surface area contributed by atoms with Crippen LogP contribution >= 0.6 is 11.6 Å². The number of carbonyl (C=O) groups excluding carboxylic acids is 1. The van der Waals surface area contributed by atoms with Gasteiger partial charge in [0.05, 0.1) is 0 Å². The molecule has 1 fully saturated rings. The summed E-state index contributed by atoms with van der Waals surface area (Å²) in [6.07, 6.45) is 6.35. The second-order valence-electron chi connectivity index (χ2n) is 6.99. The number of halogens is 1. The summed E-state index contributed by atoms with van der Waals surface area (Å²) in [5.74, 6) is 0.848. The Hall–Kier alpha value is -1.80. The monoisotopic (exact) mass is 339 g/mol. The molecule has 0 saturated heterocycles. The van der Waals surface area contributed by atoms with Gasteiger partial charge in [0, 0.05) is 23.7 Å². The zero-order valence-electron chi connectivity index (χ0n) is 13.8. The lowest BCUT2D eigenvalue weighted by Gasteiger charge is -2.29. The van der Waals surface area contributed by atoms with Crippen molar-refractivity contribution in [3.05, 3.63) is 69.7 Å². The topological polar surface area (TPSA) is 20.3 Å². The van der Waals surface area contributed by atoms with Crippen LogP contribution in [0.3, 0.4) is 0 Å². The van der Waals surface area contributed by atoms with Crippen molar-refractivity contribution in [2.24, 2.45) is 0 Å².